The van der Waals surface area contributed by atoms with Gasteiger partial charge in [0.25, 0.3) is 0 Å². The minimum absolute atomic E-state index is 0.0271. The summed E-state index contributed by atoms with van der Waals surface area (Å²) < 4.78 is 26.7. The van der Waals surface area contributed by atoms with Crippen LogP contribution in [0.2, 0.25) is 0 Å². The smallest absolute Gasteiger partial charge is 0.240 e. The Balaban J connectivity index is 3.06. The monoisotopic (exact) mass is 285 g/mol. The number of carbonyl (C=O) groups is 1. The number of hydrogen-bond acceptors (Lipinski definition) is 4. The van der Waals surface area contributed by atoms with E-state index in [1.807, 2.05) is 13.8 Å². The fourth-order valence-corrected chi connectivity index (χ4v) is 2.95. The van der Waals surface area contributed by atoms with Crippen molar-refractivity contribution < 1.29 is 18.3 Å². The van der Waals surface area contributed by atoms with Crippen molar-refractivity contribution in [3.63, 3.8) is 0 Å². The summed E-state index contributed by atoms with van der Waals surface area (Å²) in [5, 5.41) is 9.17. The second-order valence-corrected chi connectivity index (χ2v) is 6.45. The third-order valence-corrected chi connectivity index (χ3v) is 4.35. The molecule has 0 radical (unpaired) electrons. The summed E-state index contributed by atoms with van der Waals surface area (Å²) in [4.78, 5) is 11.3. The van der Waals surface area contributed by atoms with Gasteiger partial charge in [-0.05, 0) is 25.0 Å². The molecule has 0 bridgehead atoms. The van der Waals surface area contributed by atoms with Crippen LogP contribution in [0.3, 0.4) is 0 Å². The Morgan fingerprint density at radius 2 is 2.00 bits per heavy atom. The summed E-state index contributed by atoms with van der Waals surface area (Å²) in [5.41, 5.74) is 0.341. The van der Waals surface area contributed by atoms with Gasteiger partial charge in [0.05, 0.1) is 11.5 Å². The second-order valence-electron chi connectivity index (χ2n) is 4.74. The van der Waals surface area contributed by atoms with E-state index in [-0.39, 0.29) is 23.2 Å². The summed E-state index contributed by atoms with van der Waals surface area (Å²) in [7, 11) is -3.73. The lowest BCUT2D eigenvalue weighted by Gasteiger charge is -2.19. The van der Waals surface area contributed by atoms with Crippen LogP contribution in [-0.4, -0.2) is 32.0 Å². The highest BCUT2D eigenvalue weighted by Gasteiger charge is 2.22. The molecule has 6 heteroatoms. The fourth-order valence-electron chi connectivity index (χ4n) is 1.53. The molecular weight excluding hydrogens is 266 g/mol. The number of aliphatic hydroxyl groups is 1. The average molecular weight is 285 g/mol. The highest BCUT2D eigenvalue weighted by atomic mass is 32.2. The van der Waals surface area contributed by atoms with E-state index in [1.165, 1.54) is 25.1 Å². The largest absolute Gasteiger partial charge is 0.395 e. The lowest BCUT2D eigenvalue weighted by Crippen LogP contribution is -2.41. The van der Waals surface area contributed by atoms with Crippen molar-refractivity contribution in [1.29, 1.82) is 0 Å². The molecule has 0 fully saturated rings. The molecule has 0 heterocycles. The standard InChI is InChI=1S/C13H19NO4S/c1-9(2)13(8-15)14-19(17,18)12-6-4-5-11(7-12)10(3)16/h4-7,9,13-15H,8H2,1-3H3. The zero-order valence-electron chi connectivity index (χ0n) is 11.3. The maximum absolute atomic E-state index is 12.1. The number of nitrogens with one attached hydrogen (secondary N) is 1. The lowest BCUT2D eigenvalue weighted by molar-refractivity contribution is 0.101. The molecule has 0 spiro atoms. The molecule has 19 heavy (non-hydrogen) atoms. The third-order valence-electron chi connectivity index (χ3n) is 2.86. The van der Waals surface area contributed by atoms with Gasteiger partial charge in [0, 0.05) is 11.6 Å². The third kappa shape index (κ3) is 4.12. The quantitative estimate of drug-likeness (QED) is 0.769. The Morgan fingerprint density at radius 3 is 2.47 bits per heavy atom. The number of hydrogen-bond donors (Lipinski definition) is 2. The first kappa shape index (κ1) is 15.8. The van der Waals surface area contributed by atoms with Gasteiger partial charge in [0.2, 0.25) is 10.0 Å². The Labute approximate surface area is 113 Å². The van der Waals surface area contributed by atoms with Crippen LogP contribution in [0, 0.1) is 5.92 Å². The zero-order chi connectivity index (χ0) is 14.6. The fraction of sp³-hybridized carbons (Fsp3) is 0.462. The molecular formula is C13H19NO4S. The van der Waals surface area contributed by atoms with Crippen LogP contribution < -0.4 is 4.72 Å². The van der Waals surface area contributed by atoms with Gasteiger partial charge in [-0.2, -0.15) is 0 Å². The van der Waals surface area contributed by atoms with Crippen LogP contribution in [0.5, 0.6) is 0 Å². The zero-order valence-corrected chi connectivity index (χ0v) is 12.1. The summed E-state index contributed by atoms with van der Waals surface area (Å²) >= 11 is 0. The topological polar surface area (TPSA) is 83.5 Å². The molecule has 0 amide bonds. The van der Waals surface area contributed by atoms with E-state index in [9.17, 15) is 13.2 Å². The molecule has 106 valence electrons. The van der Waals surface area contributed by atoms with E-state index in [0.29, 0.717) is 5.56 Å². The summed E-state index contributed by atoms with van der Waals surface area (Å²) in [6.07, 6.45) is 0. The highest BCUT2D eigenvalue weighted by molar-refractivity contribution is 7.89. The Morgan fingerprint density at radius 1 is 1.37 bits per heavy atom. The maximum atomic E-state index is 12.1. The maximum Gasteiger partial charge on any atom is 0.240 e. The van der Waals surface area contributed by atoms with Crippen molar-refractivity contribution in [2.75, 3.05) is 6.61 Å². The Hall–Kier alpha value is -1.24. The van der Waals surface area contributed by atoms with Crippen LogP contribution >= 0.6 is 0 Å². The van der Waals surface area contributed by atoms with E-state index in [2.05, 4.69) is 4.72 Å². The number of sulfonamides is 1. The van der Waals surface area contributed by atoms with E-state index >= 15 is 0 Å². The van der Waals surface area contributed by atoms with Crippen LogP contribution in [0.25, 0.3) is 0 Å². The normalized spacial score (nSPS) is 13.5. The first-order chi connectivity index (χ1) is 8.77. The second kappa shape index (κ2) is 6.27. The van der Waals surface area contributed by atoms with Crippen molar-refractivity contribution in [2.24, 2.45) is 5.92 Å². The van der Waals surface area contributed by atoms with Crippen LogP contribution in [0.15, 0.2) is 29.2 Å². The van der Waals surface area contributed by atoms with Gasteiger partial charge in [-0.25, -0.2) is 13.1 Å². The molecule has 0 aliphatic rings. The predicted octanol–water partition coefficient (Wildman–Crippen LogP) is 1.18. The van der Waals surface area contributed by atoms with E-state index in [0.717, 1.165) is 0 Å². The van der Waals surface area contributed by atoms with Crippen molar-refractivity contribution in [2.45, 2.75) is 31.7 Å². The Bertz CT molecular complexity index is 552. The van der Waals surface area contributed by atoms with E-state index in [4.69, 9.17) is 5.11 Å². The number of aliphatic hydroxyl groups excluding tert-OH is 1. The predicted molar refractivity (Wildman–Crippen MR) is 72.5 cm³/mol. The molecule has 0 aliphatic carbocycles. The molecule has 1 rings (SSSR count). The molecule has 1 atom stereocenters. The van der Waals surface area contributed by atoms with Crippen molar-refractivity contribution >= 4 is 15.8 Å². The number of ketones is 1. The highest BCUT2D eigenvalue weighted by Crippen LogP contribution is 2.14. The molecule has 5 nitrogen and oxygen atoms in total. The molecule has 1 aromatic carbocycles. The molecule has 0 saturated carbocycles. The molecule has 0 saturated heterocycles. The van der Waals surface area contributed by atoms with E-state index in [1.54, 1.807) is 6.07 Å². The van der Waals surface area contributed by atoms with Gasteiger partial charge in [-0.15, -0.1) is 0 Å². The summed E-state index contributed by atoms with van der Waals surface area (Å²) in [6, 6.07) is 5.29. The lowest BCUT2D eigenvalue weighted by atomic mass is 10.1. The molecule has 2 N–H and O–H groups in total. The number of rotatable bonds is 6. The number of benzene rings is 1. The van der Waals surface area contributed by atoms with E-state index < -0.39 is 16.1 Å². The van der Waals surface area contributed by atoms with Gasteiger partial charge >= 0.3 is 0 Å². The number of carbonyl (C=O) groups excluding carboxylic acids is 1. The van der Waals surface area contributed by atoms with Gasteiger partial charge in [-0.1, -0.05) is 26.0 Å². The molecule has 0 aliphatic heterocycles. The first-order valence-electron chi connectivity index (χ1n) is 6.02. The van der Waals surface area contributed by atoms with Crippen LogP contribution in [0.4, 0.5) is 0 Å². The average Bonchev–Trinajstić information content (AvgIpc) is 2.35. The summed E-state index contributed by atoms with van der Waals surface area (Å²) in [5.74, 6) is -0.226. The first-order valence-corrected chi connectivity index (χ1v) is 7.50. The minimum atomic E-state index is -3.73. The van der Waals surface area contributed by atoms with Crippen molar-refractivity contribution in [3.8, 4) is 0 Å². The SMILES string of the molecule is CC(=O)c1cccc(S(=O)(=O)NC(CO)C(C)C)c1. The molecule has 1 aromatic rings. The van der Waals surface area contributed by atoms with Crippen molar-refractivity contribution in [1.82, 2.24) is 4.72 Å². The molecule has 1 unspecified atom stereocenters. The van der Waals surface area contributed by atoms with Crippen LogP contribution in [-0.2, 0) is 10.0 Å². The number of Topliss-reactive ketones (excluding diaryl/α,β-unsaturated/α-hetero) is 1. The minimum Gasteiger partial charge on any atom is -0.395 e. The summed E-state index contributed by atoms with van der Waals surface area (Å²) in [6.45, 7) is 4.73. The van der Waals surface area contributed by atoms with Crippen molar-refractivity contribution in [3.05, 3.63) is 29.8 Å². The van der Waals surface area contributed by atoms with Gasteiger partial charge in [0.15, 0.2) is 5.78 Å². The molecule has 0 aromatic heterocycles. The van der Waals surface area contributed by atoms with Crippen LogP contribution in [0.1, 0.15) is 31.1 Å². The van der Waals surface area contributed by atoms with Gasteiger partial charge in [0.1, 0.15) is 0 Å². The Kier molecular flexibility index (Phi) is 5.22. The van der Waals surface area contributed by atoms with Gasteiger partial charge in [-0.3, -0.25) is 4.79 Å². The van der Waals surface area contributed by atoms with Gasteiger partial charge < -0.3 is 5.11 Å².